The van der Waals surface area contributed by atoms with Gasteiger partial charge in [-0.15, -0.1) is 0 Å². The smallest absolute Gasteiger partial charge is 0.249 e. The van der Waals surface area contributed by atoms with Crippen molar-refractivity contribution in [1.82, 2.24) is 10.2 Å². The molecule has 0 aromatic heterocycles. The summed E-state index contributed by atoms with van der Waals surface area (Å²) < 4.78 is 5.47. The number of nitrogens with zero attached hydrogens (tertiary/aromatic N) is 1. The zero-order chi connectivity index (χ0) is 15.2. The predicted octanol–water partition coefficient (Wildman–Crippen LogP) is 2.51. The number of rotatable bonds is 5. The van der Waals surface area contributed by atoms with Crippen LogP contribution in [0.15, 0.2) is 30.3 Å². The largest absolute Gasteiger partial charge is 0.368 e. The average molecular weight is 302 g/mol. The Morgan fingerprint density at radius 1 is 1.18 bits per heavy atom. The van der Waals surface area contributed by atoms with Gasteiger partial charge in [0.15, 0.2) is 0 Å². The molecule has 1 amide bonds. The SMILES string of the molecule is O=C(NCC(c1ccccc1)N1CCCCC1)C1CCCO1. The van der Waals surface area contributed by atoms with E-state index in [1.165, 1.54) is 24.8 Å². The maximum absolute atomic E-state index is 12.2. The van der Waals surface area contributed by atoms with Gasteiger partial charge in [-0.3, -0.25) is 9.69 Å². The Morgan fingerprint density at radius 2 is 1.95 bits per heavy atom. The highest BCUT2D eigenvalue weighted by Gasteiger charge is 2.26. The van der Waals surface area contributed by atoms with Gasteiger partial charge in [0.05, 0.1) is 6.04 Å². The lowest BCUT2D eigenvalue weighted by Gasteiger charge is -2.35. The van der Waals surface area contributed by atoms with Crippen LogP contribution < -0.4 is 5.32 Å². The first-order chi connectivity index (χ1) is 10.8. The summed E-state index contributed by atoms with van der Waals surface area (Å²) >= 11 is 0. The van der Waals surface area contributed by atoms with E-state index in [0.29, 0.717) is 13.2 Å². The number of hydrogen-bond donors (Lipinski definition) is 1. The molecule has 2 aliphatic rings. The van der Waals surface area contributed by atoms with Gasteiger partial charge in [-0.25, -0.2) is 0 Å². The zero-order valence-corrected chi connectivity index (χ0v) is 13.2. The molecule has 2 atom stereocenters. The Balaban J connectivity index is 1.64. The number of benzene rings is 1. The lowest BCUT2D eigenvalue weighted by atomic mass is 10.0. The quantitative estimate of drug-likeness (QED) is 0.908. The van der Waals surface area contributed by atoms with Crippen LogP contribution in [0.4, 0.5) is 0 Å². The second kappa shape index (κ2) is 7.75. The fourth-order valence-electron chi connectivity index (χ4n) is 3.46. The van der Waals surface area contributed by atoms with Crippen molar-refractivity contribution in [2.24, 2.45) is 0 Å². The van der Waals surface area contributed by atoms with Crippen molar-refractivity contribution in [2.75, 3.05) is 26.2 Å². The Labute approximate surface area is 132 Å². The standard InChI is InChI=1S/C18H26N2O2/c21-18(17-10-7-13-22-17)19-14-16(15-8-3-1-4-9-15)20-11-5-2-6-12-20/h1,3-4,8-9,16-17H,2,5-7,10-14H2,(H,19,21). The molecule has 2 fully saturated rings. The van der Waals surface area contributed by atoms with Crippen LogP contribution in [-0.2, 0) is 9.53 Å². The number of piperidine rings is 1. The number of nitrogens with one attached hydrogen (secondary N) is 1. The normalized spacial score (nSPS) is 24.1. The van der Waals surface area contributed by atoms with Crippen molar-refractivity contribution in [2.45, 2.75) is 44.2 Å². The van der Waals surface area contributed by atoms with E-state index in [1.54, 1.807) is 0 Å². The van der Waals surface area contributed by atoms with E-state index < -0.39 is 0 Å². The Kier molecular flexibility index (Phi) is 5.46. The summed E-state index contributed by atoms with van der Waals surface area (Å²) in [6.07, 6.45) is 5.43. The second-order valence-electron chi connectivity index (χ2n) is 6.27. The van der Waals surface area contributed by atoms with Crippen molar-refractivity contribution in [1.29, 1.82) is 0 Å². The van der Waals surface area contributed by atoms with Crippen molar-refractivity contribution in [3.05, 3.63) is 35.9 Å². The number of carbonyl (C=O) groups excluding carboxylic acids is 1. The van der Waals surface area contributed by atoms with E-state index in [2.05, 4.69) is 34.5 Å². The van der Waals surface area contributed by atoms with Crippen LogP contribution in [0.25, 0.3) is 0 Å². The van der Waals surface area contributed by atoms with Gasteiger partial charge in [0, 0.05) is 13.2 Å². The lowest BCUT2D eigenvalue weighted by molar-refractivity contribution is -0.130. The maximum atomic E-state index is 12.2. The predicted molar refractivity (Wildman–Crippen MR) is 86.6 cm³/mol. The Bertz CT molecular complexity index is 465. The van der Waals surface area contributed by atoms with Gasteiger partial charge in [-0.05, 0) is 44.3 Å². The molecule has 2 unspecified atom stereocenters. The van der Waals surface area contributed by atoms with Gasteiger partial charge < -0.3 is 10.1 Å². The summed E-state index contributed by atoms with van der Waals surface area (Å²) in [6.45, 7) is 3.62. The summed E-state index contributed by atoms with van der Waals surface area (Å²) in [4.78, 5) is 14.7. The van der Waals surface area contributed by atoms with E-state index in [9.17, 15) is 4.79 Å². The molecule has 120 valence electrons. The van der Waals surface area contributed by atoms with E-state index in [4.69, 9.17) is 4.74 Å². The molecule has 0 radical (unpaired) electrons. The molecule has 3 rings (SSSR count). The summed E-state index contributed by atoms with van der Waals surface area (Å²) in [6, 6.07) is 10.8. The fraction of sp³-hybridized carbons (Fsp3) is 0.611. The van der Waals surface area contributed by atoms with Gasteiger partial charge in [-0.1, -0.05) is 36.8 Å². The molecule has 22 heavy (non-hydrogen) atoms. The number of likely N-dealkylation sites (tertiary alicyclic amines) is 1. The molecule has 0 bridgehead atoms. The average Bonchev–Trinajstić information content (AvgIpc) is 3.11. The molecule has 2 heterocycles. The molecule has 4 nitrogen and oxygen atoms in total. The molecular formula is C18H26N2O2. The maximum Gasteiger partial charge on any atom is 0.249 e. The third kappa shape index (κ3) is 3.87. The monoisotopic (exact) mass is 302 g/mol. The summed E-state index contributed by atoms with van der Waals surface area (Å²) in [5.41, 5.74) is 1.29. The number of ether oxygens (including phenoxy) is 1. The molecule has 2 saturated heterocycles. The number of carbonyl (C=O) groups is 1. The number of amides is 1. The molecule has 1 N–H and O–H groups in total. The molecule has 4 heteroatoms. The zero-order valence-electron chi connectivity index (χ0n) is 13.2. The highest BCUT2D eigenvalue weighted by atomic mass is 16.5. The van der Waals surface area contributed by atoms with Crippen molar-refractivity contribution in [3.63, 3.8) is 0 Å². The van der Waals surface area contributed by atoms with E-state index in [0.717, 1.165) is 25.9 Å². The van der Waals surface area contributed by atoms with Crippen LogP contribution in [0.3, 0.4) is 0 Å². The van der Waals surface area contributed by atoms with Crippen molar-refractivity contribution in [3.8, 4) is 0 Å². The first kappa shape index (κ1) is 15.5. The highest BCUT2D eigenvalue weighted by molar-refractivity contribution is 5.81. The minimum Gasteiger partial charge on any atom is -0.368 e. The Hall–Kier alpha value is -1.39. The first-order valence-electron chi connectivity index (χ1n) is 8.53. The second-order valence-corrected chi connectivity index (χ2v) is 6.27. The third-order valence-corrected chi connectivity index (χ3v) is 4.71. The van der Waals surface area contributed by atoms with E-state index in [-0.39, 0.29) is 18.1 Å². The topological polar surface area (TPSA) is 41.6 Å². The number of hydrogen-bond acceptors (Lipinski definition) is 3. The fourth-order valence-corrected chi connectivity index (χ4v) is 3.46. The van der Waals surface area contributed by atoms with Crippen LogP contribution in [-0.4, -0.2) is 43.2 Å². The lowest BCUT2D eigenvalue weighted by Crippen LogP contribution is -2.43. The van der Waals surface area contributed by atoms with Crippen LogP contribution >= 0.6 is 0 Å². The molecule has 1 aromatic carbocycles. The van der Waals surface area contributed by atoms with Gasteiger partial charge >= 0.3 is 0 Å². The van der Waals surface area contributed by atoms with Crippen LogP contribution in [0.1, 0.15) is 43.7 Å². The molecular weight excluding hydrogens is 276 g/mol. The van der Waals surface area contributed by atoms with E-state index in [1.807, 2.05) is 6.07 Å². The molecule has 2 aliphatic heterocycles. The molecule has 0 spiro atoms. The van der Waals surface area contributed by atoms with Crippen LogP contribution in [0, 0.1) is 0 Å². The molecule has 0 saturated carbocycles. The summed E-state index contributed by atoms with van der Waals surface area (Å²) in [5, 5.41) is 3.11. The van der Waals surface area contributed by atoms with Gasteiger partial charge in [0.25, 0.3) is 0 Å². The molecule has 0 aliphatic carbocycles. The first-order valence-corrected chi connectivity index (χ1v) is 8.53. The van der Waals surface area contributed by atoms with Gasteiger partial charge in [-0.2, -0.15) is 0 Å². The summed E-state index contributed by atoms with van der Waals surface area (Å²) in [7, 11) is 0. The van der Waals surface area contributed by atoms with Crippen LogP contribution in [0.2, 0.25) is 0 Å². The summed E-state index contributed by atoms with van der Waals surface area (Å²) in [5.74, 6) is 0.0513. The third-order valence-electron chi connectivity index (χ3n) is 4.71. The van der Waals surface area contributed by atoms with Gasteiger partial charge in [0.1, 0.15) is 6.10 Å². The molecule has 1 aromatic rings. The van der Waals surface area contributed by atoms with Crippen LogP contribution in [0.5, 0.6) is 0 Å². The Morgan fingerprint density at radius 3 is 2.64 bits per heavy atom. The highest BCUT2D eigenvalue weighted by Crippen LogP contribution is 2.24. The van der Waals surface area contributed by atoms with Gasteiger partial charge in [0.2, 0.25) is 5.91 Å². The minimum absolute atomic E-state index is 0.0513. The van der Waals surface area contributed by atoms with Crippen molar-refractivity contribution >= 4 is 5.91 Å². The van der Waals surface area contributed by atoms with Crippen molar-refractivity contribution < 1.29 is 9.53 Å². The minimum atomic E-state index is -0.238. The van der Waals surface area contributed by atoms with E-state index >= 15 is 0 Å².